The van der Waals surface area contributed by atoms with Crippen molar-refractivity contribution in [2.75, 3.05) is 5.32 Å². The van der Waals surface area contributed by atoms with Crippen molar-refractivity contribution in [1.82, 2.24) is 9.55 Å². The number of halogens is 2. The van der Waals surface area contributed by atoms with E-state index in [1.54, 1.807) is 36.6 Å². The Hall–Kier alpha value is -3.39. The van der Waals surface area contributed by atoms with Gasteiger partial charge >= 0.3 is 0 Å². The molecule has 2 heterocycles. The van der Waals surface area contributed by atoms with Crippen molar-refractivity contribution < 1.29 is 13.6 Å². The van der Waals surface area contributed by atoms with Gasteiger partial charge in [0.1, 0.15) is 23.0 Å². The molecule has 146 valence electrons. The first-order valence-corrected chi connectivity index (χ1v) is 9.59. The number of amides is 1. The third-order valence-electron chi connectivity index (χ3n) is 4.49. The minimum atomic E-state index is -0.477. The molecule has 1 N–H and O–H groups in total. The molecule has 0 spiro atoms. The fourth-order valence-corrected chi connectivity index (χ4v) is 3.85. The molecule has 0 bridgehead atoms. The second kappa shape index (κ2) is 7.56. The molecule has 0 aliphatic carbocycles. The maximum Gasteiger partial charge on any atom is 0.263 e. The summed E-state index contributed by atoms with van der Waals surface area (Å²) in [6.07, 6.45) is 1.31. The van der Waals surface area contributed by atoms with E-state index >= 15 is 0 Å². The topological polar surface area (TPSA) is 64.0 Å². The van der Waals surface area contributed by atoms with Gasteiger partial charge in [0.05, 0.1) is 11.7 Å². The maximum absolute atomic E-state index is 13.7. The van der Waals surface area contributed by atoms with Crippen molar-refractivity contribution >= 4 is 33.1 Å². The number of nitrogens with one attached hydrogen (secondary N) is 1. The van der Waals surface area contributed by atoms with E-state index in [1.807, 2.05) is 0 Å². The molecule has 0 fully saturated rings. The fraction of sp³-hybridized carbons (Fsp3) is 0.0952. The number of carbonyl (C=O) groups is 1. The summed E-state index contributed by atoms with van der Waals surface area (Å²) >= 11 is 1.30. The van der Waals surface area contributed by atoms with Crippen LogP contribution in [0.5, 0.6) is 0 Å². The summed E-state index contributed by atoms with van der Waals surface area (Å²) in [5.41, 5.74) is 1.73. The van der Waals surface area contributed by atoms with Gasteiger partial charge in [0, 0.05) is 16.6 Å². The van der Waals surface area contributed by atoms with Gasteiger partial charge in [0.25, 0.3) is 5.56 Å². The highest BCUT2D eigenvalue weighted by Crippen LogP contribution is 2.30. The van der Waals surface area contributed by atoms with Crippen molar-refractivity contribution in [3.05, 3.63) is 81.7 Å². The molecule has 0 unspecified atom stereocenters. The van der Waals surface area contributed by atoms with Crippen LogP contribution >= 0.6 is 11.3 Å². The fourth-order valence-electron chi connectivity index (χ4n) is 2.95. The average Bonchev–Trinajstić information content (AvgIpc) is 3.12. The Bertz CT molecular complexity index is 1280. The van der Waals surface area contributed by atoms with E-state index in [4.69, 9.17) is 0 Å². The first-order valence-electron chi connectivity index (χ1n) is 8.71. The number of benzene rings is 2. The van der Waals surface area contributed by atoms with Crippen LogP contribution in [0.25, 0.3) is 21.3 Å². The first-order chi connectivity index (χ1) is 13.9. The van der Waals surface area contributed by atoms with E-state index in [1.165, 1.54) is 40.4 Å². The van der Waals surface area contributed by atoms with Gasteiger partial charge in [-0.2, -0.15) is 0 Å². The van der Waals surface area contributed by atoms with E-state index in [-0.39, 0.29) is 17.9 Å². The maximum atomic E-state index is 13.7. The molecule has 2 aromatic carbocycles. The second-order valence-corrected chi connectivity index (χ2v) is 7.38. The molecular weight excluding hydrogens is 396 g/mol. The van der Waals surface area contributed by atoms with Gasteiger partial charge in [-0.25, -0.2) is 13.8 Å². The van der Waals surface area contributed by atoms with Crippen molar-refractivity contribution in [3.63, 3.8) is 0 Å². The number of fused-ring (bicyclic) bond motifs is 1. The van der Waals surface area contributed by atoms with Crippen LogP contribution in [0, 0.1) is 18.6 Å². The standard InChI is InChI=1S/C21H15F2N3O2S/c1-12-2-7-15(8-17(12)23)25-18(27)9-26-11-24-20-19(21(26)28)16(10-29-20)13-3-5-14(22)6-4-13/h2-8,10-11H,9H2,1H3,(H,25,27). The third-order valence-corrected chi connectivity index (χ3v) is 5.37. The van der Waals surface area contributed by atoms with E-state index in [9.17, 15) is 18.4 Å². The van der Waals surface area contributed by atoms with E-state index in [2.05, 4.69) is 10.3 Å². The smallest absolute Gasteiger partial charge is 0.263 e. The van der Waals surface area contributed by atoms with Gasteiger partial charge in [-0.1, -0.05) is 18.2 Å². The number of anilines is 1. The molecule has 0 saturated heterocycles. The summed E-state index contributed by atoms with van der Waals surface area (Å²) in [6.45, 7) is 1.36. The molecule has 0 radical (unpaired) electrons. The highest BCUT2D eigenvalue weighted by atomic mass is 32.1. The molecule has 1 amide bonds. The second-order valence-electron chi connectivity index (χ2n) is 6.53. The molecule has 8 heteroatoms. The van der Waals surface area contributed by atoms with Crippen LogP contribution in [0.1, 0.15) is 5.56 Å². The summed E-state index contributed by atoms with van der Waals surface area (Å²) in [4.78, 5) is 30.1. The Balaban J connectivity index is 1.64. The molecule has 4 rings (SSSR count). The number of rotatable bonds is 4. The van der Waals surface area contributed by atoms with Crippen LogP contribution in [0.15, 0.2) is 59.0 Å². The predicted octanol–water partition coefficient (Wildman–Crippen LogP) is 4.35. The molecular formula is C21H15F2N3O2S. The molecule has 5 nitrogen and oxygen atoms in total. The first kappa shape index (κ1) is 18.9. The molecule has 4 aromatic rings. The summed E-state index contributed by atoms with van der Waals surface area (Å²) in [7, 11) is 0. The largest absolute Gasteiger partial charge is 0.324 e. The zero-order valence-corrected chi connectivity index (χ0v) is 16.1. The molecule has 2 aromatic heterocycles. The molecule has 0 atom stereocenters. The van der Waals surface area contributed by atoms with Gasteiger partial charge in [0.15, 0.2) is 0 Å². The van der Waals surface area contributed by atoms with Crippen LogP contribution in [0.4, 0.5) is 14.5 Å². The van der Waals surface area contributed by atoms with Crippen LogP contribution in [-0.2, 0) is 11.3 Å². The average molecular weight is 411 g/mol. The number of carbonyl (C=O) groups excluding carboxylic acids is 1. The lowest BCUT2D eigenvalue weighted by Crippen LogP contribution is -2.27. The summed E-state index contributed by atoms with van der Waals surface area (Å²) < 4.78 is 28.1. The Morgan fingerprint density at radius 2 is 1.93 bits per heavy atom. The quantitative estimate of drug-likeness (QED) is 0.543. The van der Waals surface area contributed by atoms with Crippen LogP contribution in [0.2, 0.25) is 0 Å². The minimum absolute atomic E-state index is 0.268. The Kier molecular flexibility index (Phi) is 4.94. The Morgan fingerprint density at radius 1 is 1.17 bits per heavy atom. The monoisotopic (exact) mass is 411 g/mol. The lowest BCUT2D eigenvalue weighted by Gasteiger charge is -2.08. The molecule has 0 aliphatic rings. The zero-order valence-electron chi connectivity index (χ0n) is 15.3. The van der Waals surface area contributed by atoms with Gasteiger partial charge < -0.3 is 5.32 Å². The normalized spacial score (nSPS) is 11.0. The number of hydrogen-bond acceptors (Lipinski definition) is 4. The van der Waals surface area contributed by atoms with Gasteiger partial charge in [0.2, 0.25) is 5.91 Å². The van der Waals surface area contributed by atoms with Crippen molar-refractivity contribution in [2.45, 2.75) is 13.5 Å². The number of hydrogen-bond donors (Lipinski definition) is 1. The lowest BCUT2D eigenvalue weighted by molar-refractivity contribution is -0.116. The van der Waals surface area contributed by atoms with Crippen molar-refractivity contribution in [2.24, 2.45) is 0 Å². The number of thiophene rings is 1. The number of aromatic nitrogens is 2. The lowest BCUT2D eigenvalue weighted by atomic mass is 10.1. The highest BCUT2D eigenvalue weighted by Gasteiger charge is 2.15. The third kappa shape index (κ3) is 3.79. The number of aryl methyl sites for hydroxylation is 1. The van der Waals surface area contributed by atoms with E-state index < -0.39 is 11.7 Å². The summed E-state index contributed by atoms with van der Waals surface area (Å²) in [5, 5.41) is 4.73. The minimum Gasteiger partial charge on any atom is -0.324 e. The van der Waals surface area contributed by atoms with Gasteiger partial charge in [-0.15, -0.1) is 11.3 Å². The predicted molar refractivity (Wildman–Crippen MR) is 109 cm³/mol. The summed E-state index contributed by atoms with van der Waals surface area (Å²) in [5.74, 6) is -1.27. The van der Waals surface area contributed by atoms with Crippen molar-refractivity contribution in [3.8, 4) is 11.1 Å². The molecule has 29 heavy (non-hydrogen) atoms. The SMILES string of the molecule is Cc1ccc(NC(=O)Cn2cnc3scc(-c4ccc(F)cc4)c3c2=O)cc1F. The van der Waals surface area contributed by atoms with Crippen molar-refractivity contribution in [1.29, 1.82) is 0 Å². The van der Waals surface area contributed by atoms with E-state index in [0.29, 0.717) is 32.6 Å². The summed E-state index contributed by atoms with van der Waals surface area (Å²) in [6, 6.07) is 10.2. The van der Waals surface area contributed by atoms with Gasteiger partial charge in [-0.05, 0) is 42.3 Å². The van der Waals surface area contributed by atoms with Crippen LogP contribution in [0.3, 0.4) is 0 Å². The molecule has 0 saturated carbocycles. The Labute approximate surface area is 168 Å². The number of nitrogens with zero attached hydrogens (tertiary/aromatic N) is 2. The zero-order chi connectivity index (χ0) is 20.5. The van der Waals surface area contributed by atoms with Crippen LogP contribution in [-0.4, -0.2) is 15.5 Å². The molecule has 0 aliphatic heterocycles. The van der Waals surface area contributed by atoms with Crippen LogP contribution < -0.4 is 10.9 Å². The highest BCUT2D eigenvalue weighted by molar-refractivity contribution is 7.17. The van der Waals surface area contributed by atoms with Gasteiger partial charge in [-0.3, -0.25) is 14.2 Å². The Morgan fingerprint density at radius 3 is 2.66 bits per heavy atom. The van der Waals surface area contributed by atoms with E-state index in [0.717, 1.165) is 0 Å².